The highest BCUT2D eigenvalue weighted by Gasteiger charge is 2.37. The molecule has 2 atom stereocenters. The molecule has 0 amide bonds. The number of ether oxygens (including phenoxy) is 2. The van der Waals surface area contributed by atoms with E-state index in [1.807, 2.05) is 0 Å². The first-order valence-corrected chi connectivity index (χ1v) is 20.1. The van der Waals surface area contributed by atoms with Crippen molar-refractivity contribution in [2.75, 3.05) is 6.61 Å². The largest absolute Gasteiger partial charge is 0.481 e. The first-order chi connectivity index (χ1) is 33.5. The molecule has 4 heterocycles. The summed E-state index contributed by atoms with van der Waals surface area (Å²) in [5, 5.41) is 18.4. The molecular formula is C46H28F12N6O7. The van der Waals surface area contributed by atoms with Crippen LogP contribution in [0.1, 0.15) is 47.2 Å². The molecule has 0 fully saturated rings. The minimum Gasteiger partial charge on any atom is -0.481 e. The Morgan fingerprint density at radius 3 is 1.35 bits per heavy atom. The average molecular weight is 1000 g/mol. The number of halogens is 12. The molecule has 13 nitrogen and oxygen atoms in total. The van der Waals surface area contributed by atoms with Gasteiger partial charge < -0.3 is 28.8 Å². The molecule has 0 aliphatic heterocycles. The van der Waals surface area contributed by atoms with E-state index < -0.39 is 123 Å². The molecule has 0 bridgehead atoms. The van der Waals surface area contributed by atoms with Crippen molar-refractivity contribution in [2.45, 2.75) is 37.3 Å². The summed E-state index contributed by atoms with van der Waals surface area (Å²) in [5.41, 5.74) is -5.28. The first-order valence-electron chi connectivity index (χ1n) is 20.1. The van der Waals surface area contributed by atoms with Crippen molar-refractivity contribution in [3.8, 4) is 23.3 Å². The monoisotopic (exact) mass is 1000 g/mol. The fourth-order valence-corrected chi connectivity index (χ4v) is 7.33. The van der Waals surface area contributed by atoms with Gasteiger partial charge in [0.05, 0.1) is 53.0 Å². The summed E-state index contributed by atoms with van der Waals surface area (Å²) in [7, 11) is 0. The van der Waals surface area contributed by atoms with Crippen LogP contribution in [0.15, 0.2) is 120 Å². The van der Waals surface area contributed by atoms with E-state index in [4.69, 9.17) is 9.47 Å². The third-order valence-corrected chi connectivity index (χ3v) is 10.3. The van der Waals surface area contributed by atoms with Crippen LogP contribution in [0.25, 0.3) is 21.8 Å². The molecule has 4 aromatic heterocycles. The molecule has 2 N–H and O–H groups in total. The number of aromatic nitrogens is 6. The summed E-state index contributed by atoms with van der Waals surface area (Å²) in [6, 6.07) is 9.59. The summed E-state index contributed by atoms with van der Waals surface area (Å²) in [6.07, 6.45) is -6.57. The van der Waals surface area contributed by atoms with Crippen LogP contribution in [0, 0.1) is 34.9 Å². The second-order valence-electron chi connectivity index (χ2n) is 14.9. The molecular weight excluding hydrogens is 977 g/mol. The van der Waals surface area contributed by atoms with Gasteiger partial charge in [0.25, 0.3) is 11.1 Å². The Hall–Kier alpha value is -8.35. The van der Waals surface area contributed by atoms with Crippen LogP contribution in [0.3, 0.4) is 0 Å². The van der Waals surface area contributed by atoms with Crippen LogP contribution in [-0.4, -0.2) is 51.9 Å². The van der Waals surface area contributed by atoms with Gasteiger partial charge in [-0.3, -0.25) is 14.4 Å². The number of rotatable bonds is 12. The predicted molar refractivity (Wildman–Crippen MR) is 223 cm³/mol. The average Bonchev–Trinajstić information content (AvgIpc) is 3.28. The molecule has 0 saturated heterocycles. The number of aliphatic carboxylic acids is 1. The van der Waals surface area contributed by atoms with Crippen molar-refractivity contribution in [3.63, 3.8) is 0 Å². The lowest BCUT2D eigenvalue weighted by Gasteiger charge is -2.23. The first kappa shape index (κ1) is 50.5. The third-order valence-electron chi connectivity index (χ3n) is 10.3. The van der Waals surface area contributed by atoms with Gasteiger partial charge in [-0.2, -0.15) is 36.3 Å². The van der Waals surface area contributed by atoms with Crippen LogP contribution >= 0.6 is 0 Å². The van der Waals surface area contributed by atoms with E-state index in [-0.39, 0.29) is 39.7 Å². The van der Waals surface area contributed by atoms with Crippen molar-refractivity contribution in [3.05, 3.63) is 188 Å². The Bertz CT molecular complexity index is 3400. The number of nitrogens with zero attached hydrogens (tertiary/aromatic N) is 6. The lowest BCUT2D eigenvalue weighted by atomic mass is 10.0. The fraction of sp³-hybridized carbons (Fsp3) is 0.152. The van der Waals surface area contributed by atoms with E-state index in [0.717, 1.165) is 72.1 Å². The number of benzene rings is 4. The number of carbonyl (C=O) groups is 1. The van der Waals surface area contributed by atoms with Crippen LogP contribution in [0.5, 0.6) is 23.3 Å². The predicted octanol–water partition coefficient (Wildman–Crippen LogP) is 10.1. The Labute approximate surface area is 388 Å². The number of aliphatic hydroxyl groups is 1. The van der Waals surface area contributed by atoms with Crippen molar-refractivity contribution >= 4 is 27.8 Å². The number of aliphatic hydroxyl groups excluding tert-OH is 1. The van der Waals surface area contributed by atoms with Gasteiger partial charge in [0.2, 0.25) is 11.8 Å². The highest BCUT2D eigenvalue weighted by atomic mass is 19.4. The molecule has 0 aliphatic rings. The number of fused-ring (bicyclic) bond motifs is 2. The maximum Gasteiger partial charge on any atom is 0.421 e. The SMILES string of the molecule is O=C(O)C[C@H](c1c(F)cc(F)cc1F)n1cnc(=O)c2cc(Oc3ncccc3C(F)(F)F)ccc21.O=c1ncn([C@H](CCO)c2c(F)cc(F)cc2F)c2ccc(Oc3ncccc3C(F)(F)F)cc12. The smallest absolute Gasteiger partial charge is 0.421 e. The summed E-state index contributed by atoms with van der Waals surface area (Å²) in [4.78, 5) is 50.8. The zero-order chi connectivity index (χ0) is 51.5. The Kier molecular flexibility index (Phi) is 14.5. The number of pyridine rings is 2. The second-order valence-corrected chi connectivity index (χ2v) is 14.9. The van der Waals surface area contributed by atoms with Crippen LogP contribution in [0.4, 0.5) is 52.7 Å². The minimum absolute atomic E-state index is 0.0613. The maximum absolute atomic E-state index is 14.5. The topological polar surface area (TPSA) is 172 Å². The van der Waals surface area contributed by atoms with Crippen LogP contribution in [-0.2, 0) is 17.1 Å². The quantitative estimate of drug-likeness (QED) is 0.112. The van der Waals surface area contributed by atoms with Gasteiger partial charge in [-0.05, 0) is 67.1 Å². The molecule has 368 valence electrons. The Morgan fingerprint density at radius 2 is 0.972 bits per heavy atom. The Balaban J connectivity index is 0.000000209. The number of alkyl halides is 6. The molecule has 8 rings (SSSR count). The zero-order valence-electron chi connectivity index (χ0n) is 35.3. The molecule has 4 aromatic carbocycles. The van der Waals surface area contributed by atoms with Crippen molar-refractivity contribution in [1.29, 1.82) is 0 Å². The molecule has 25 heteroatoms. The molecule has 8 aromatic rings. The minimum atomic E-state index is -4.78. The highest BCUT2D eigenvalue weighted by molar-refractivity contribution is 5.81. The fourth-order valence-electron chi connectivity index (χ4n) is 7.33. The van der Waals surface area contributed by atoms with Crippen LogP contribution < -0.4 is 20.6 Å². The molecule has 71 heavy (non-hydrogen) atoms. The number of carboxylic acids is 1. The third kappa shape index (κ3) is 11.1. The van der Waals surface area contributed by atoms with E-state index in [0.29, 0.717) is 24.3 Å². The van der Waals surface area contributed by atoms with E-state index >= 15 is 0 Å². The van der Waals surface area contributed by atoms with Gasteiger partial charge in [0.15, 0.2) is 0 Å². The molecule has 0 unspecified atom stereocenters. The lowest BCUT2D eigenvalue weighted by molar-refractivity contribution is -0.139. The number of carboxylic acid groups (broad SMARTS) is 1. The van der Waals surface area contributed by atoms with E-state index in [1.165, 1.54) is 22.8 Å². The molecule has 0 spiro atoms. The number of hydrogen-bond donors (Lipinski definition) is 2. The zero-order valence-corrected chi connectivity index (χ0v) is 35.3. The van der Waals surface area contributed by atoms with Crippen molar-refractivity contribution in [1.82, 2.24) is 29.1 Å². The van der Waals surface area contributed by atoms with Gasteiger partial charge in [-0.15, -0.1) is 0 Å². The van der Waals surface area contributed by atoms with E-state index in [1.54, 1.807) is 0 Å². The summed E-state index contributed by atoms with van der Waals surface area (Å²) in [5.74, 6) is -10.9. The molecule has 0 saturated carbocycles. The van der Waals surface area contributed by atoms with E-state index in [9.17, 15) is 77.3 Å². The van der Waals surface area contributed by atoms with Gasteiger partial charge in [-0.25, -0.2) is 36.3 Å². The lowest BCUT2D eigenvalue weighted by Crippen LogP contribution is -2.22. The summed E-state index contributed by atoms with van der Waals surface area (Å²) in [6.45, 7) is -0.518. The summed E-state index contributed by atoms with van der Waals surface area (Å²) < 4.78 is 177. The van der Waals surface area contributed by atoms with Crippen LogP contribution in [0.2, 0.25) is 0 Å². The highest BCUT2D eigenvalue weighted by Crippen LogP contribution is 2.39. The van der Waals surface area contributed by atoms with Gasteiger partial charge in [-0.1, -0.05) is 0 Å². The number of hydrogen-bond acceptors (Lipinski definition) is 10. The van der Waals surface area contributed by atoms with E-state index in [2.05, 4.69) is 19.9 Å². The molecule has 0 aliphatic carbocycles. The maximum atomic E-state index is 14.5. The summed E-state index contributed by atoms with van der Waals surface area (Å²) >= 11 is 0. The van der Waals surface area contributed by atoms with Crippen molar-refractivity contribution < 1.29 is 77.2 Å². The Morgan fingerprint density at radius 1 is 0.577 bits per heavy atom. The normalized spacial score (nSPS) is 12.6. The van der Waals surface area contributed by atoms with Gasteiger partial charge in [0, 0.05) is 54.4 Å². The van der Waals surface area contributed by atoms with Crippen molar-refractivity contribution in [2.24, 2.45) is 0 Å². The standard InChI is InChI=1S/C23H13F6N3O4.C23H15F6N3O3/c24-11-6-15(25)20(16(26)7-11)18(9-19(33)34)32-10-31-21(35)13-8-12(3-4-17(13)32)36-22-14(23(27,28)29)2-1-5-30-22;24-12-8-16(25)20(17(26)9-12)19(5-7-33)32-11-31-21(34)14-10-13(3-4-18(14)32)35-22-15(23(27,28)29)2-1-6-30-22/h1-8,10,18H,9H2,(H,33,34);1-4,6,8-11,19,33H,5,7H2/t18-;19-/m11/s1. The van der Waals surface area contributed by atoms with Gasteiger partial charge in [0.1, 0.15) is 57.5 Å². The van der Waals surface area contributed by atoms with Gasteiger partial charge >= 0.3 is 18.3 Å². The second kappa shape index (κ2) is 20.3. The molecule has 0 radical (unpaired) electrons.